The number of hydrogen-bond acceptors (Lipinski definition) is 4. The second-order valence-electron chi connectivity index (χ2n) is 5.49. The Morgan fingerprint density at radius 3 is 2.79 bits per heavy atom. The third kappa shape index (κ3) is 4.34. The van der Waals surface area contributed by atoms with E-state index in [9.17, 15) is 0 Å². The van der Waals surface area contributed by atoms with Crippen molar-refractivity contribution in [2.24, 2.45) is 5.92 Å². The van der Waals surface area contributed by atoms with E-state index in [2.05, 4.69) is 23.2 Å². The molecular weight excluding hydrogens is 240 g/mol. The van der Waals surface area contributed by atoms with Gasteiger partial charge in [-0.25, -0.2) is 0 Å². The van der Waals surface area contributed by atoms with Gasteiger partial charge in [0.1, 0.15) is 5.76 Å². The first-order valence-corrected chi connectivity index (χ1v) is 7.28. The van der Waals surface area contributed by atoms with Crippen molar-refractivity contribution in [1.82, 2.24) is 10.2 Å². The number of nitrogens with zero attached hydrogens (tertiary/aromatic N) is 1. The molecule has 1 aromatic rings. The summed E-state index contributed by atoms with van der Waals surface area (Å²) in [6.07, 6.45) is 4.38. The molecule has 108 valence electrons. The van der Waals surface area contributed by atoms with E-state index < -0.39 is 0 Å². The summed E-state index contributed by atoms with van der Waals surface area (Å²) in [5.74, 6) is 1.62. The Morgan fingerprint density at radius 2 is 2.16 bits per heavy atom. The quantitative estimate of drug-likeness (QED) is 0.783. The SMILES string of the molecule is COCC(C)CNCC(c1ccco1)N1CCCC1. The molecule has 4 nitrogen and oxygen atoms in total. The first-order valence-electron chi connectivity index (χ1n) is 7.28. The van der Waals surface area contributed by atoms with Gasteiger partial charge in [-0.3, -0.25) is 4.90 Å². The lowest BCUT2D eigenvalue weighted by molar-refractivity contribution is 0.154. The minimum atomic E-state index is 0.368. The van der Waals surface area contributed by atoms with Gasteiger partial charge in [0.25, 0.3) is 0 Å². The summed E-state index contributed by atoms with van der Waals surface area (Å²) in [7, 11) is 1.76. The molecule has 0 saturated carbocycles. The minimum Gasteiger partial charge on any atom is -0.468 e. The molecule has 4 heteroatoms. The molecule has 1 saturated heterocycles. The summed E-state index contributed by atoms with van der Waals surface area (Å²) < 4.78 is 10.8. The van der Waals surface area contributed by atoms with Gasteiger partial charge < -0.3 is 14.5 Å². The largest absolute Gasteiger partial charge is 0.468 e. The van der Waals surface area contributed by atoms with Crippen molar-refractivity contribution in [1.29, 1.82) is 0 Å². The van der Waals surface area contributed by atoms with Crippen LogP contribution in [0, 0.1) is 5.92 Å². The molecule has 1 fully saturated rings. The van der Waals surface area contributed by atoms with Crippen molar-refractivity contribution >= 4 is 0 Å². The Hall–Kier alpha value is -0.840. The zero-order valence-electron chi connectivity index (χ0n) is 12.1. The van der Waals surface area contributed by atoms with Crippen LogP contribution in [-0.2, 0) is 4.74 Å². The Kier molecular flexibility index (Phi) is 5.89. The van der Waals surface area contributed by atoms with E-state index in [-0.39, 0.29) is 0 Å². The van der Waals surface area contributed by atoms with Crippen LogP contribution in [0.4, 0.5) is 0 Å². The predicted molar refractivity (Wildman–Crippen MR) is 76.2 cm³/mol. The molecule has 0 aliphatic carbocycles. The maximum atomic E-state index is 5.61. The second kappa shape index (κ2) is 7.68. The highest BCUT2D eigenvalue weighted by atomic mass is 16.5. The fraction of sp³-hybridized carbons (Fsp3) is 0.733. The van der Waals surface area contributed by atoms with Gasteiger partial charge in [0, 0.05) is 20.3 Å². The summed E-state index contributed by atoms with van der Waals surface area (Å²) in [4.78, 5) is 2.52. The highest BCUT2D eigenvalue weighted by Crippen LogP contribution is 2.24. The number of methoxy groups -OCH3 is 1. The molecule has 19 heavy (non-hydrogen) atoms. The maximum Gasteiger partial charge on any atom is 0.122 e. The highest BCUT2D eigenvalue weighted by Gasteiger charge is 2.25. The lowest BCUT2D eigenvalue weighted by atomic mass is 10.1. The van der Waals surface area contributed by atoms with Gasteiger partial charge in [-0.2, -0.15) is 0 Å². The molecule has 1 aliphatic heterocycles. The van der Waals surface area contributed by atoms with Crippen LogP contribution in [0.15, 0.2) is 22.8 Å². The fourth-order valence-corrected chi connectivity index (χ4v) is 2.75. The van der Waals surface area contributed by atoms with E-state index in [0.29, 0.717) is 12.0 Å². The molecule has 0 amide bonds. The van der Waals surface area contributed by atoms with Crippen molar-refractivity contribution in [2.45, 2.75) is 25.8 Å². The number of ether oxygens (including phenoxy) is 1. The molecule has 2 heterocycles. The zero-order valence-corrected chi connectivity index (χ0v) is 12.1. The number of likely N-dealkylation sites (tertiary alicyclic amines) is 1. The van der Waals surface area contributed by atoms with E-state index in [4.69, 9.17) is 9.15 Å². The number of nitrogens with one attached hydrogen (secondary N) is 1. The van der Waals surface area contributed by atoms with Crippen LogP contribution < -0.4 is 5.32 Å². The molecule has 1 N–H and O–H groups in total. The first kappa shape index (κ1) is 14.6. The van der Waals surface area contributed by atoms with Gasteiger partial charge in [-0.05, 0) is 50.5 Å². The third-order valence-electron chi connectivity index (χ3n) is 3.73. The van der Waals surface area contributed by atoms with Crippen molar-refractivity contribution in [3.8, 4) is 0 Å². The zero-order chi connectivity index (χ0) is 13.5. The maximum absolute atomic E-state index is 5.61. The normalized spacial score (nSPS) is 19.7. The van der Waals surface area contributed by atoms with Gasteiger partial charge in [0.2, 0.25) is 0 Å². The van der Waals surface area contributed by atoms with Crippen LogP contribution in [0.5, 0.6) is 0 Å². The first-order chi connectivity index (χ1) is 9.31. The van der Waals surface area contributed by atoms with Crippen LogP contribution in [-0.4, -0.2) is 44.8 Å². The topological polar surface area (TPSA) is 37.6 Å². The number of hydrogen-bond donors (Lipinski definition) is 1. The molecule has 0 bridgehead atoms. The lowest BCUT2D eigenvalue weighted by Gasteiger charge is -2.26. The van der Waals surface area contributed by atoms with Crippen molar-refractivity contribution in [3.05, 3.63) is 24.2 Å². The van der Waals surface area contributed by atoms with Crippen LogP contribution in [0.1, 0.15) is 31.6 Å². The molecule has 2 atom stereocenters. The average Bonchev–Trinajstić information content (AvgIpc) is 3.08. The third-order valence-corrected chi connectivity index (χ3v) is 3.73. The van der Waals surface area contributed by atoms with Crippen molar-refractivity contribution < 1.29 is 9.15 Å². The van der Waals surface area contributed by atoms with E-state index in [1.165, 1.54) is 25.9 Å². The molecule has 1 aliphatic rings. The van der Waals surface area contributed by atoms with Crippen LogP contribution in [0.25, 0.3) is 0 Å². The molecule has 2 rings (SSSR count). The number of rotatable bonds is 8. The summed E-state index contributed by atoms with van der Waals surface area (Å²) in [5, 5.41) is 3.55. The second-order valence-corrected chi connectivity index (χ2v) is 5.49. The summed E-state index contributed by atoms with van der Waals surface area (Å²) in [5.41, 5.74) is 0. The Labute approximate surface area is 116 Å². The smallest absolute Gasteiger partial charge is 0.122 e. The summed E-state index contributed by atoms with van der Waals surface area (Å²) >= 11 is 0. The standard InChI is InChI=1S/C15H26N2O2/c1-13(12-18-2)10-16-11-14(15-6-5-9-19-15)17-7-3-4-8-17/h5-6,9,13-14,16H,3-4,7-8,10-12H2,1-2H3. The van der Waals surface area contributed by atoms with E-state index in [1.807, 2.05) is 6.07 Å². The fourth-order valence-electron chi connectivity index (χ4n) is 2.75. The highest BCUT2D eigenvalue weighted by molar-refractivity contribution is 5.06. The van der Waals surface area contributed by atoms with Gasteiger partial charge in [-0.15, -0.1) is 0 Å². The average molecular weight is 266 g/mol. The molecular formula is C15H26N2O2. The van der Waals surface area contributed by atoms with Gasteiger partial charge in [-0.1, -0.05) is 6.92 Å². The van der Waals surface area contributed by atoms with Gasteiger partial charge in [0.05, 0.1) is 12.3 Å². The van der Waals surface area contributed by atoms with Crippen LogP contribution in [0.2, 0.25) is 0 Å². The predicted octanol–water partition coefficient (Wildman–Crippen LogP) is 2.29. The van der Waals surface area contributed by atoms with Crippen LogP contribution >= 0.6 is 0 Å². The molecule has 0 aromatic carbocycles. The number of furan rings is 1. The Morgan fingerprint density at radius 1 is 1.37 bits per heavy atom. The lowest BCUT2D eigenvalue weighted by Crippen LogP contribution is -2.36. The van der Waals surface area contributed by atoms with Crippen molar-refractivity contribution in [3.63, 3.8) is 0 Å². The monoisotopic (exact) mass is 266 g/mol. The van der Waals surface area contributed by atoms with Gasteiger partial charge >= 0.3 is 0 Å². The van der Waals surface area contributed by atoms with E-state index in [1.54, 1.807) is 13.4 Å². The molecule has 2 unspecified atom stereocenters. The van der Waals surface area contributed by atoms with Crippen LogP contribution in [0.3, 0.4) is 0 Å². The molecule has 1 aromatic heterocycles. The summed E-state index contributed by atoms with van der Waals surface area (Å²) in [6, 6.07) is 4.43. The Balaban J connectivity index is 1.84. The van der Waals surface area contributed by atoms with E-state index in [0.717, 1.165) is 25.5 Å². The van der Waals surface area contributed by atoms with Crippen molar-refractivity contribution in [2.75, 3.05) is 39.9 Å². The van der Waals surface area contributed by atoms with E-state index >= 15 is 0 Å². The Bertz CT molecular complexity index is 334. The molecule has 0 spiro atoms. The minimum absolute atomic E-state index is 0.368. The van der Waals surface area contributed by atoms with Gasteiger partial charge in [0.15, 0.2) is 0 Å². The molecule has 0 radical (unpaired) electrons. The summed E-state index contributed by atoms with van der Waals surface area (Å²) in [6.45, 7) is 7.30.